The Morgan fingerprint density at radius 1 is 1.69 bits per heavy atom. The van der Waals surface area contributed by atoms with Crippen molar-refractivity contribution in [2.45, 2.75) is 18.0 Å². The molecular formula is C8H10N2O2S. The topological polar surface area (TPSA) is 66.0 Å². The monoisotopic (exact) mass is 198 g/mol. The maximum atomic E-state index is 10.9. The molecule has 2 rings (SSSR count). The van der Waals surface area contributed by atoms with Gasteiger partial charge in [-0.1, -0.05) is 11.8 Å². The third kappa shape index (κ3) is 2.24. The van der Waals surface area contributed by atoms with E-state index in [1.165, 1.54) is 30.8 Å². The maximum absolute atomic E-state index is 10.9. The number of aromatic hydroxyl groups is 1. The minimum absolute atomic E-state index is 0.323. The fraction of sp³-hybridized carbons (Fsp3) is 0.500. The molecule has 1 saturated carbocycles. The van der Waals surface area contributed by atoms with Crippen molar-refractivity contribution in [1.82, 2.24) is 9.97 Å². The molecule has 4 nitrogen and oxygen atoms in total. The predicted molar refractivity (Wildman–Crippen MR) is 50.0 cm³/mol. The number of hydrogen-bond acceptors (Lipinski definition) is 4. The molecule has 0 spiro atoms. The van der Waals surface area contributed by atoms with E-state index in [0.29, 0.717) is 5.16 Å². The molecule has 5 heteroatoms. The van der Waals surface area contributed by atoms with E-state index >= 15 is 0 Å². The lowest BCUT2D eigenvalue weighted by Crippen LogP contribution is -2.07. The summed E-state index contributed by atoms with van der Waals surface area (Å²) in [5.74, 6) is 1.48. The molecule has 0 unspecified atom stereocenters. The molecule has 1 aliphatic carbocycles. The molecule has 0 saturated heterocycles. The normalized spacial score (nSPS) is 16.0. The molecule has 1 fully saturated rings. The number of rotatable bonds is 3. The Kier molecular flexibility index (Phi) is 2.26. The number of thioether (sulfide) groups is 1. The summed E-state index contributed by atoms with van der Waals surface area (Å²) in [4.78, 5) is 17.3. The van der Waals surface area contributed by atoms with Crippen LogP contribution in [-0.2, 0) is 0 Å². The smallest absolute Gasteiger partial charge is 0.293 e. The van der Waals surface area contributed by atoms with E-state index in [-0.39, 0.29) is 5.75 Å². The van der Waals surface area contributed by atoms with Crippen LogP contribution in [0.4, 0.5) is 0 Å². The molecule has 1 heterocycles. The van der Waals surface area contributed by atoms with Gasteiger partial charge in [0, 0.05) is 5.75 Å². The van der Waals surface area contributed by atoms with Gasteiger partial charge in [-0.2, -0.15) is 0 Å². The number of nitrogens with one attached hydrogen (secondary N) is 1. The van der Waals surface area contributed by atoms with Crippen LogP contribution in [-0.4, -0.2) is 20.8 Å². The van der Waals surface area contributed by atoms with Crippen molar-refractivity contribution < 1.29 is 5.11 Å². The summed E-state index contributed by atoms with van der Waals surface area (Å²) in [6, 6.07) is 0. The van der Waals surface area contributed by atoms with Gasteiger partial charge in [-0.15, -0.1) is 0 Å². The average molecular weight is 198 g/mol. The second-order valence-corrected chi connectivity index (χ2v) is 4.17. The maximum Gasteiger partial charge on any atom is 0.293 e. The summed E-state index contributed by atoms with van der Waals surface area (Å²) in [6.07, 6.45) is 3.76. The lowest BCUT2D eigenvalue weighted by atomic mass is 10.5. The van der Waals surface area contributed by atoms with Crippen LogP contribution < -0.4 is 5.56 Å². The number of H-pyrrole nitrogens is 1. The van der Waals surface area contributed by atoms with Crippen LogP contribution in [0.25, 0.3) is 0 Å². The highest BCUT2D eigenvalue weighted by molar-refractivity contribution is 7.99. The first-order valence-corrected chi connectivity index (χ1v) is 5.15. The van der Waals surface area contributed by atoms with E-state index in [2.05, 4.69) is 9.97 Å². The van der Waals surface area contributed by atoms with Gasteiger partial charge in [-0.05, 0) is 18.8 Å². The van der Waals surface area contributed by atoms with Crippen LogP contribution in [0.5, 0.6) is 5.75 Å². The molecule has 1 aromatic heterocycles. The molecular weight excluding hydrogens is 188 g/mol. The lowest BCUT2D eigenvalue weighted by Gasteiger charge is -1.98. The highest BCUT2D eigenvalue weighted by Crippen LogP contribution is 2.33. The Bertz CT molecular complexity index is 359. The Morgan fingerprint density at radius 2 is 2.46 bits per heavy atom. The summed E-state index contributed by atoms with van der Waals surface area (Å²) < 4.78 is 0. The van der Waals surface area contributed by atoms with E-state index < -0.39 is 5.56 Å². The van der Waals surface area contributed by atoms with Gasteiger partial charge in [0.05, 0.1) is 6.20 Å². The fourth-order valence-electron chi connectivity index (χ4n) is 0.926. The van der Waals surface area contributed by atoms with Gasteiger partial charge in [-0.3, -0.25) is 9.78 Å². The van der Waals surface area contributed by atoms with Crippen LogP contribution in [0.1, 0.15) is 12.8 Å². The zero-order valence-electron chi connectivity index (χ0n) is 6.99. The number of hydrogen-bond donors (Lipinski definition) is 2. The summed E-state index contributed by atoms with van der Waals surface area (Å²) in [5.41, 5.74) is -0.465. The van der Waals surface area contributed by atoms with Crippen LogP contribution >= 0.6 is 11.8 Å². The Hall–Kier alpha value is -0.970. The van der Waals surface area contributed by atoms with Crippen LogP contribution in [0.2, 0.25) is 0 Å². The number of aromatic nitrogens is 2. The highest BCUT2D eigenvalue weighted by Gasteiger charge is 2.21. The molecule has 0 amide bonds. The molecule has 70 valence electrons. The van der Waals surface area contributed by atoms with E-state index in [1.54, 1.807) is 0 Å². The third-order valence-electron chi connectivity index (χ3n) is 1.91. The zero-order valence-corrected chi connectivity index (χ0v) is 7.80. The van der Waals surface area contributed by atoms with Gasteiger partial charge in [-0.25, -0.2) is 4.98 Å². The van der Waals surface area contributed by atoms with Gasteiger partial charge in [0.25, 0.3) is 5.56 Å². The Morgan fingerprint density at radius 3 is 3.08 bits per heavy atom. The summed E-state index contributed by atoms with van der Waals surface area (Å²) in [7, 11) is 0. The molecule has 0 atom stereocenters. The zero-order chi connectivity index (χ0) is 9.26. The summed E-state index contributed by atoms with van der Waals surface area (Å²) in [6.45, 7) is 0. The van der Waals surface area contributed by atoms with E-state index in [4.69, 9.17) is 5.11 Å². The van der Waals surface area contributed by atoms with Crippen molar-refractivity contribution >= 4 is 11.8 Å². The molecule has 13 heavy (non-hydrogen) atoms. The van der Waals surface area contributed by atoms with E-state index in [0.717, 1.165) is 11.7 Å². The van der Waals surface area contributed by atoms with Crippen molar-refractivity contribution in [2.75, 3.05) is 5.75 Å². The molecule has 0 bridgehead atoms. The van der Waals surface area contributed by atoms with E-state index in [1.807, 2.05) is 0 Å². The molecule has 2 N–H and O–H groups in total. The highest BCUT2D eigenvalue weighted by atomic mass is 32.2. The van der Waals surface area contributed by atoms with Crippen molar-refractivity contribution in [3.63, 3.8) is 0 Å². The SMILES string of the molecule is O=c1[nH]c(SCC2CC2)ncc1O. The van der Waals surface area contributed by atoms with Gasteiger partial charge in [0.1, 0.15) is 0 Å². The molecule has 0 aliphatic heterocycles. The first-order chi connectivity index (χ1) is 6.25. The molecule has 0 aromatic carbocycles. The lowest BCUT2D eigenvalue weighted by molar-refractivity contribution is 0.460. The quantitative estimate of drug-likeness (QED) is 0.561. The van der Waals surface area contributed by atoms with Crippen molar-refractivity contribution in [3.05, 3.63) is 16.6 Å². The average Bonchev–Trinajstić information content (AvgIpc) is 2.91. The standard InChI is InChI=1S/C8H10N2O2S/c11-6-3-9-8(10-7(6)12)13-4-5-1-2-5/h3,5,11H,1-2,4H2,(H,9,10,12). The van der Waals surface area contributed by atoms with Crippen molar-refractivity contribution in [2.24, 2.45) is 5.92 Å². The number of nitrogens with zero attached hydrogens (tertiary/aromatic N) is 1. The second kappa shape index (κ2) is 3.41. The number of aromatic amines is 1. The summed E-state index contributed by atoms with van der Waals surface area (Å²) in [5, 5.41) is 9.51. The predicted octanol–water partition coefficient (Wildman–Crippen LogP) is 0.978. The first-order valence-electron chi connectivity index (χ1n) is 4.17. The van der Waals surface area contributed by atoms with Gasteiger partial charge < -0.3 is 5.11 Å². The minimum atomic E-state index is -0.465. The first kappa shape index (κ1) is 8.62. The van der Waals surface area contributed by atoms with Gasteiger partial charge in [0.15, 0.2) is 10.9 Å². The minimum Gasteiger partial charge on any atom is -0.502 e. The Balaban J connectivity index is 2.03. The van der Waals surface area contributed by atoms with E-state index in [9.17, 15) is 4.79 Å². The fourth-order valence-corrected chi connectivity index (χ4v) is 1.95. The van der Waals surface area contributed by atoms with Gasteiger partial charge >= 0.3 is 0 Å². The summed E-state index contributed by atoms with van der Waals surface area (Å²) >= 11 is 1.54. The largest absolute Gasteiger partial charge is 0.502 e. The third-order valence-corrected chi connectivity index (χ3v) is 3.03. The molecule has 1 aromatic rings. The van der Waals surface area contributed by atoms with Crippen LogP contribution in [0, 0.1) is 5.92 Å². The van der Waals surface area contributed by atoms with Gasteiger partial charge in [0.2, 0.25) is 0 Å². The molecule has 0 radical (unpaired) electrons. The Labute approximate surface area is 79.4 Å². The van der Waals surface area contributed by atoms with Crippen LogP contribution in [0.3, 0.4) is 0 Å². The van der Waals surface area contributed by atoms with Crippen LogP contribution in [0.15, 0.2) is 16.1 Å². The van der Waals surface area contributed by atoms with Crippen molar-refractivity contribution in [1.29, 1.82) is 0 Å². The van der Waals surface area contributed by atoms with Crippen molar-refractivity contribution in [3.8, 4) is 5.75 Å². The second-order valence-electron chi connectivity index (χ2n) is 3.16. The molecule has 1 aliphatic rings.